The first-order chi connectivity index (χ1) is 12.2. The van der Waals surface area contributed by atoms with E-state index < -0.39 is 0 Å². The number of nitrogens with zero attached hydrogens (tertiary/aromatic N) is 1. The van der Waals surface area contributed by atoms with Crippen molar-refractivity contribution in [2.75, 3.05) is 6.61 Å². The Kier molecular flexibility index (Phi) is 6.05. The molecule has 0 aliphatic carbocycles. The molecule has 1 heterocycles. The van der Waals surface area contributed by atoms with Gasteiger partial charge in [0.2, 0.25) is 5.89 Å². The van der Waals surface area contributed by atoms with E-state index in [4.69, 9.17) is 14.1 Å². The monoisotopic (exact) mass is 399 g/mol. The fraction of sp³-hybridized carbons (Fsp3) is 0.286. The molecule has 130 valence electrons. The lowest BCUT2D eigenvalue weighted by Crippen LogP contribution is -2.07. The number of oxazole rings is 1. The van der Waals surface area contributed by atoms with Crippen molar-refractivity contribution in [2.24, 2.45) is 0 Å². The molecule has 0 aliphatic rings. The predicted molar refractivity (Wildman–Crippen MR) is 104 cm³/mol. The van der Waals surface area contributed by atoms with Crippen LogP contribution in [0.2, 0.25) is 0 Å². The maximum Gasteiger partial charge on any atom is 0.226 e. The van der Waals surface area contributed by atoms with Gasteiger partial charge in [-0.3, -0.25) is 0 Å². The van der Waals surface area contributed by atoms with E-state index >= 15 is 0 Å². The van der Waals surface area contributed by atoms with Crippen LogP contribution in [0.4, 0.5) is 0 Å². The van der Waals surface area contributed by atoms with Crippen molar-refractivity contribution in [3.8, 4) is 11.5 Å². The SMILES string of the molecule is CCOC(CCc1nc(-c2ccccc2)oc1C)c1ccccc1Br. The highest BCUT2D eigenvalue weighted by molar-refractivity contribution is 9.10. The molecule has 0 amide bonds. The summed E-state index contributed by atoms with van der Waals surface area (Å²) >= 11 is 3.63. The molecule has 0 radical (unpaired) electrons. The van der Waals surface area contributed by atoms with Crippen molar-refractivity contribution in [1.29, 1.82) is 0 Å². The van der Waals surface area contributed by atoms with Gasteiger partial charge in [-0.1, -0.05) is 52.3 Å². The number of hydrogen-bond acceptors (Lipinski definition) is 3. The summed E-state index contributed by atoms with van der Waals surface area (Å²) in [4.78, 5) is 4.69. The molecule has 0 spiro atoms. The van der Waals surface area contributed by atoms with E-state index in [1.54, 1.807) is 0 Å². The summed E-state index contributed by atoms with van der Waals surface area (Å²) in [7, 11) is 0. The van der Waals surface area contributed by atoms with Crippen LogP contribution in [-0.4, -0.2) is 11.6 Å². The molecule has 0 N–H and O–H groups in total. The molecule has 0 aliphatic heterocycles. The molecular weight excluding hydrogens is 378 g/mol. The minimum Gasteiger partial charge on any atom is -0.441 e. The Balaban J connectivity index is 1.75. The van der Waals surface area contributed by atoms with Gasteiger partial charge in [-0.25, -0.2) is 4.98 Å². The van der Waals surface area contributed by atoms with Crippen LogP contribution in [0.1, 0.15) is 36.5 Å². The van der Waals surface area contributed by atoms with Crippen molar-refractivity contribution in [2.45, 2.75) is 32.8 Å². The van der Waals surface area contributed by atoms with E-state index in [2.05, 4.69) is 28.1 Å². The molecule has 0 saturated carbocycles. The van der Waals surface area contributed by atoms with Gasteiger partial charge in [-0.05, 0) is 50.5 Å². The molecule has 25 heavy (non-hydrogen) atoms. The van der Waals surface area contributed by atoms with Gasteiger partial charge in [0.25, 0.3) is 0 Å². The second-order valence-electron chi connectivity index (χ2n) is 5.89. The Bertz CT molecular complexity index is 814. The number of aryl methyl sites for hydroxylation is 2. The van der Waals surface area contributed by atoms with Gasteiger partial charge in [-0.15, -0.1) is 0 Å². The minimum absolute atomic E-state index is 0.0388. The van der Waals surface area contributed by atoms with Gasteiger partial charge in [0.05, 0.1) is 11.8 Å². The molecule has 3 aromatic rings. The van der Waals surface area contributed by atoms with Crippen LogP contribution in [0.25, 0.3) is 11.5 Å². The van der Waals surface area contributed by atoms with Crippen LogP contribution in [0.5, 0.6) is 0 Å². The average molecular weight is 400 g/mol. The third-order valence-corrected chi connectivity index (χ3v) is 4.90. The number of hydrogen-bond donors (Lipinski definition) is 0. The summed E-state index contributed by atoms with van der Waals surface area (Å²) < 4.78 is 12.9. The molecule has 2 aromatic carbocycles. The molecule has 1 aromatic heterocycles. The summed E-state index contributed by atoms with van der Waals surface area (Å²) in [5.41, 5.74) is 3.17. The topological polar surface area (TPSA) is 35.3 Å². The van der Waals surface area contributed by atoms with Crippen LogP contribution in [-0.2, 0) is 11.2 Å². The van der Waals surface area contributed by atoms with Crippen LogP contribution < -0.4 is 0 Å². The maximum atomic E-state index is 5.97. The van der Waals surface area contributed by atoms with E-state index in [9.17, 15) is 0 Å². The zero-order chi connectivity index (χ0) is 17.6. The Morgan fingerprint density at radius 2 is 1.80 bits per heavy atom. The van der Waals surface area contributed by atoms with E-state index in [-0.39, 0.29) is 6.10 Å². The highest BCUT2D eigenvalue weighted by Crippen LogP contribution is 2.30. The Hall–Kier alpha value is -1.91. The van der Waals surface area contributed by atoms with Crippen LogP contribution in [0.3, 0.4) is 0 Å². The quantitative estimate of drug-likeness (QED) is 0.479. The Morgan fingerprint density at radius 1 is 1.08 bits per heavy atom. The van der Waals surface area contributed by atoms with E-state index in [1.165, 1.54) is 5.56 Å². The Labute approximate surface area is 157 Å². The van der Waals surface area contributed by atoms with Gasteiger partial charge in [0.15, 0.2) is 0 Å². The van der Waals surface area contributed by atoms with Gasteiger partial charge < -0.3 is 9.15 Å². The van der Waals surface area contributed by atoms with E-state index in [0.29, 0.717) is 12.5 Å². The number of aromatic nitrogens is 1. The molecule has 1 atom stereocenters. The fourth-order valence-corrected chi connectivity index (χ4v) is 3.44. The number of halogens is 1. The summed E-state index contributed by atoms with van der Waals surface area (Å²) in [6.07, 6.45) is 1.71. The van der Waals surface area contributed by atoms with Crippen molar-refractivity contribution >= 4 is 15.9 Å². The second kappa shape index (κ2) is 8.45. The Morgan fingerprint density at radius 3 is 2.52 bits per heavy atom. The van der Waals surface area contributed by atoms with Gasteiger partial charge in [-0.2, -0.15) is 0 Å². The lowest BCUT2D eigenvalue weighted by Gasteiger charge is -2.18. The molecule has 3 nitrogen and oxygen atoms in total. The highest BCUT2D eigenvalue weighted by Gasteiger charge is 2.17. The molecule has 4 heteroatoms. The van der Waals surface area contributed by atoms with Crippen molar-refractivity contribution in [3.05, 3.63) is 76.1 Å². The van der Waals surface area contributed by atoms with E-state index in [1.807, 2.05) is 56.3 Å². The number of benzene rings is 2. The zero-order valence-corrected chi connectivity index (χ0v) is 16.1. The third kappa shape index (κ3) is 4.39. The molecule has 0 fully saturated rings. The largest absolute Gasteiger partial charge is 0.441 e. The second-order valence-corrected chi connectivity index (χ2v) is 6.75. The number of rotatable bonds is 7. The van der Waals surface area contributed by atoms with Gasteiger partial charge >= 0.3 is 0 Å². The van der Waals surface area contributed by atoms with Crippen molar-refractivity contribution in [3.63, 3.8) is 0 Å². The fourth-order valence-electron chi connectivity index (χ4n) is 2.90. The van der Waals surface area contributed by atoms with Crippen LogP contribution >= 0.6 is 15.9 Å². The zero-order valence-electron chi connectivity index (χ0n) is 14.5. The first-order valence-corrected chi connectivity index (χ1v) is 9.36. The summed E-state index contributed by atoms with van der Waals surface area (Å²) in [6.45, 7) is 4.68. The summed E-state index contributed by atoms with van der Waals surface area (Å²) in [5, 5.41) is 0. The summed E-state index contributed by atoms with van der Waals surface area (Å²) in [6, 6.07) is 18.2. The molecule has 1 unspecified atom stereocenters. The standard InChI is InChI=1S/C21H22BrNO2/c1-3-24-20(17-11-7-8-12-18(17)22)14-13-19-15(2)25-21(23-19)16-9-5-4-6-10-16/h4-12,20H,3,13-14H2,1-2H3. The summed E-state index contributed by atoms with van der Waals surface area (Å²) in [5.74, 6) is 1.56. The van der Waals surface area contributed by atoms with Crippen LogP contribution in [0, 0.1) is 6.92 Å². The minimum atomic E-state index is 0.0388. The van der Waals surface area contributed by atoms with Crippen molar-refractivity contribution in [1.82, 2.24) is 4.98 Å². The average Bonchev–Trinajstić information content (AvgIpc) is 3.01. The highest BCUT2D eigenvalue weighted by atomic mass is 79.9. The maximum absolute atomic E-state index is 5.97. The van der Waals surface area contributed by atoms with E-state index in [0.717, 1.165) is 34.3 Å². The lowest BCUT2D eigenvalue weighted by atomic mass is 10.0. The first-order valence-electron chi connectivity index (χ1n) is 8.56. The lowest BCUT2D eigenvalue weighted by molar-refractivity contribution is 0.0557. The normalized spacial score (nSPS) is 12.3. The predicted octanol–water partition coefficient (Wildman–Crippen LogP) is 6.12. The smallest absolute Gasteiger partial charge is 0.226 e. The molecule has 0 bridgehead atoms. The number of ether oxygens (including phenoxy) is 1. The van der Waals surface area contributed by atoms with Gasteiger partial charge in [0.1, 0.15) is 5.76 Å². The molecule has 3 rings (SSSR count). The van der Waals surface area contributed by atoms with Crippen molar-refractivity contribution < 1.29 is 9.15 Å². The van der Waals surface area contributed by atoms with Gasteiger partial charge in [0, 0.05) is 16.6 Å². The van der Waals surface area contributed by atoms with Crippen LogP contribution in [0.15, 0.2) is 63.5 Å². The molecule has 0 saturated heterocycles. The third-order valence-electron chi connectivity index (χ3n) is 4.18. The molecular formula is C21H22BrNO2. The first kappa shape index (κ1) is 17.9.